The van der Waals surface area contributed by atoms with E-state index in [0.29, 0.717) is 18.2 Å². The van der Waals surface area contributed by atoms with Crippen molar-refractivity contribution in [3.05, 3.63) is 24.0 Å². The summed E-state index contributed by atoms with van der Waals surface area (Å²) in [5, 5.41) is 0. The summed E-state index contributed by atoms with van der Waals surface area (Å²) in [6, 6.07) is 4.02. The molecule has 0 unspecified atom stereocenters. The molecule has 0 spiro atoms. The monoisotopic (exact) mass is 275 g/mol. The summed E-state index contributed by atoms with van der Waals surface area (Å²) in [5.41, 5.74) is 7.02. The molecule has 0 bridgehead atoms. The second-order valence-electron chi connectivity index (χ2n) is 5.85. The second-order valence-corrected chi connectivity index (χ2v) is 5.85. The first-order valence-corrected chi connectivity index (χ1v) is 7.56. The molecule has 2 rings (SSSR count). The molecule has 1 aromatic heterocycles. The van der Waals surface area contributed by atoms with Crippen molar-refractivity contribution in [2.75, 3.05) is 12.8 Å². The van der Waals surface area contributed by atoms with Crippen LogP contribution in [-0.4, -0.2) is 28.9 Å². The van der Waals surface area contributed by atoms with Crippen molar-refractivity contribution in [2.24, 2.45) is 5.92 Å². The second kappa shape index (κ2) is 6.73. The number of carbonyl (C=O) groups is 1. The highest BCUT2D eigenvalue weighted by Gasteiger charge is 2.25. The van der Waals surface area contributed by atoms with E-state index in [1.54, 1.807) is 12.3 Å². The average molecular weight is 275 g/mol. The number of amides is 1. The number of rotatable bonds is 4. The van der Waals surface area contributed by atoms with Gasteiger partial charge in [0.15, 0.2) is 0 Å². The van der Waals surface area contributed by atoms with Crippen LogP contribution in [-0.2, 0) is 11.2 Å². The molecule has 20 heavy (non-hydrogen) atoms. The molecule has 0 aromatic carbocycles. The van der Waals surface area contributed by atoms with Crippen molar-refractivity contribution < 1.29 is 4.79 Å². The third kappa shape index (κ3) is 3.71. The number of nitrogens with zero attached hydrogens (tertiary/aromatic N) is 2. The summed E-state index contributed by atoms with van der Waals surface area (Å²) in [4.78, 5) is 18.4. The molecule has 1 heterocycles. The van der Waals surface area contributed by atoms with Gasteiger partial charge in [0.2, 0.25) is 5.91 Å². The van der Waals surface area contributed by atoms with Crippen molar-refractivity contribution in [3.63, 3.8) is 0 Å². The summed E-state index contributed by atoms with van der Waals surface area (Å²) in [6.07, 6.45) is 8.00. The number of carbonyl (C=O) groups excluding carboxylic acids is 1. The number of anilines is 1. The lowest BCUT2D eigenvalue weighted by Crippen LogP contribution is -2.40. The average Bonchev–Trinajstić information content (AvgIpc) is 2.49. The molecule has 0 radical (unpaired) electrons. The number of pyridine rings is 1. The van der Waals surface area contributed by atoms with Gasteiger partial charge in [0.25, 0.3) is 0 Å². The van der Waals surface area contributed by atoms with Crippen molar-refractivity contribution in [1.29, 1.82) is 0 Å². The van der Waals surface area contributed by atoms with Gasteiger partial charge < -0.3 is 10.6 Å². The van der Waals surface area contributed by atoms with Crippen molar-refractivity contribution >= 4 is 11.6 Å². The highest BCUT2D eigenvalue weighted by atomic mass is 16.2. The fraction of sp³-hybridized carbons (Fsp3) is 0.625. The Labute approximate surface area is 121 Å². The number of nitrogen functional groups attached to an aromatic ring is 1. The Balaban J connectivity index is 1.87. The molecule has 1 aliphatic carbocycles. The Hall–Kier alpha value is -1.58. The molecule has 1 aliphatic rings. The number of hydrogen-bond donors (Lipinski definition) is 1. The van der Waals surface area contributed by atoms with Gasteiger partial charge in [-0.05, 0) is 43.7 Å². The minimum atomic E-state index is 0.155. The molecule has 0 aliphatic heterocycles. The quantitative estimate of drug-likeness (QED) is 0.919. The third-order valence-electron chi connectivity index (χ3n) is 4.51. The zero-order valence-corrected chi connectivity index (χ0v) is 12.5. The van der Waals surface area contributed by atoms with E-state index in [1.165, 1.54) is 19.3 Å². The van der Waals surface area contributed by atoms with Crippen LogP contribution in [0.25, 0.3) is 0 Å². The lowest BCUT2D eigenvalue weighted by atomic mass is 9.84. The normalized spacial score (nSPS) is 22.5. The van der Waals surface area contributed by atoms with Gasteiger partial charge in [-0.2, -0.15) is 0 Å². The molecule has 4 heteroatoms. The first-order valence-electron chi connectivity index (χ1n) is 7.56. The van der Waals surface area contributed by atoms with Gasteiger partial charge in [-0.1, -0.05) is 13.3 Å². The molecule has 110 valence electrons. The van der Waals surface area contributed by atoms with Gasteiger partial charge in [-0.15, -0.1) is 0 Å². The minimum Gasteiger partial charge on any atom is -0.397 e. The number of likely N-dealkylation sites (N-methyl/N-ethyl adjacent to an activating group) is 1. The standard InChI is InChI=1S/C16H25N3O/c1-3-12-4-8-15(9-5-12)19(2)16(20)10-14-7-6-13(17)11-18-14/h6-7,11-12,15H,3-5,8-10,17H2,1-2H3. The number of hydrogen-bond acceptors (Lipinski definition) is 3. The van der Waals surface area contributed by atoms with E-state index in [4.69, 9.17) is 5.73 Å². The third-order valence-corrected chi connectivity index (χ3v) is 4.51. The smallest absolute Gasteiger partial charge is 0.228 e. The van der Waals surface area contributed by atoms with Gasteiger partial charge in [0.05, 0.1) is 18.3 Å². The topological polar surface area (TPSA) is 59.2 Å². The number of aromatic nitrogens is 1. The Morgan fingerprint density at radius 3 is 2.60 bits per heavy atom. The van der Waals surface area contributed by atoms with Gasteiger partial charge in [-0.3, -0.25) is 9.78 Å². The van der Waals surface area contributed by atoms with Gasteiger partial charge in [0, 0.05) is 18.8 Å². The van der Waals surface area contributed by atoms with Crippen molar-refractivity contribution in [1.82, 2.24) is 9.88 Å². The molecule has 0 saturated heterocycles. The Morgan fingerprint density at radius 1 is 1.35 bits per heavy atom. The predicted molar refractivity (Wildman–Crippen MR) is 81.2 cm³/mol. The SMILES string of the molecule is CCC1CCC(N(C)C(=O)Cc2ccc(N)cn2)CC1. The largest absolute Gasteiger partial charge is 0.397 e. The molecule has 4 nitrogen and oxygen atoms in total. The van der Waals surface area contributed by atoms with Crippen molar-refractivity contribution in [2.45, 2.75) is 51.5 Å². The summed E-state index contributed by atoms with van der Waals surface area (Å²) in [5.74, 6) is 1.01. The zero-order chi connectivity index (χ0) is 14.5. The minimum absolute atomic E-state index is 0.155. The maximum Gasteiger partial charge on any atom is 0.228 e. The summed E-state index contributed by atoms with van der Waals surface area (Å²) >= 11 is 0. The summed E-state index contributed by atoms with van der Waals surface area (Å²) in [6.45, 7) is 2.26. The van der Waals surface area contributed by atoms with E-state index in [-0.39, 0.29) is 5.91 Å². The highest BCUT2D eigenvalue weighted by molar-refractivity contribution is 5.78. The maximum atomic E-state index is 12.3. The fourth-order valence-electron chi connectivity index (χ4n) is 2.96. The van der Waals surface area contributed by atoms with E-state index in [2.05, 4.69) is 11.9 Å². The van der Waals surface area contributed by atoms with E-state index in [1.807, 2.05) is 18.0 Å². The number of nitrogens with two attached hydrogens (primary N) is 1. The lowest BCUT2D eigenvalue weighted by molar-refractivity contribution is -0.132. The molecule has 1 saturated carbocycles. The van der Waals surface area contributed by atoms with Gasteiger partial charge in [0.1, 0.15) is 0 Å². The van der Waals surface area contributed by atoms with Crippen LogP contribution in [0.5, 0.6) is 0 Å². The van der Waals surface area contributed by atoms with E-state index in [0.717, 1.165) is 24.5 Å². The van der Waals surface area contributed by atoms with Crippen LogP contribution in [0.4, 0.5) is 5.69 Å². The fourth-order valence-corrected chi connectivity index (χ4v) is 2.96. The molecule has 1 amide bonds. The lowest BCUT2D eigenvalue weighted by Gasteiger charge is -2.34. The van der Waals surface area contributed by atoms with E-state index >= 15 is 0 Å². The zero-order valence-electron chi connectivity index (χ0n) is 12.5. The van der Waals surface area contributed by atoms with Crippen LogP contribution < -0.4 is 5.73 Å². The van der Waals surface area contributed by atoms with Crippen LogP contribution in [0.15, 0.2) is 18.3 Å². The molecule has 2 N–H and O–H groups in total. The van der Waals surface area contributed by atoms with Crippen LogP contribution in [0, 0.1) is 5.92 Å². The molecular formula is C16H25N3O. The van der Waals surface area contributed by atoms with E-state index < -0.39 is 0 Å². The first kappa shape index (κ1) is 14.8. The van der Waals surface area contributed by atoms with Gasteiger partial charge >= 0.3 is 0 Å². The van der Waals surface area contributed by atoms with Gasteiger partial charge in [-0.25, -0.2) is 0 Å². The van der Waals surface area contributed by atoms with Crippen LogP contribution in [0.1, 0.15) is 44.7 Å². The van der Waals surface area contributed by atoms with Crippen molar-refractivity contribution in [3.8, 4) is 0 Å². The summed E-state index contributed by atoms with van der Waals surface area (Å²) < 4.78 is 0. The molecule has 0 atom stereocenters. The summed E-state index contributed by atoms with van der Waals surface area (Å²) in [7, 11) is 1.93. The Bertz CT molecular complexity index is 436. The van der Waals surface area contributed by atoms with Crippen LogP contribution in [0.3, 0.4) is 0 Å². The molecule has 1 aromatic rings. The van der Waals surface area contributed by atoms with Crippen LogP contribution >= 0.6 is 0 Å². The molecular weight excluding hydrogens is 250 g/mol. The van der Waals surface area contributed by atoms with E-state index in [9.17, 15) is 4.79 Å². The Kier molecular flexibility index (Phi) is 4.99. The molecule has 1 fully saturated rings. The Morgan fingerprint density at radius 2 is 2.05 bits per heavy atom. The predicted octanol–water partition coefficient (Wildman–Crippen LogP) is 2.63. The maximum absolute atomic E-state index is 12.3. The van der Waals surface area contributed by atoms with Crippen LogP contribution in [0.2, 0.25) is 0 Å². The highest BCUT2D eigenvalue weighted by Crippen LogP contribution is 2.29. The first-order chi connectivity index (χ1) is 9.60.